The minimum atomic E-state index is -0.0347. The fourth-order valence-corrected chi connectivity index (χ4v) is 5.24. The molecular weight excluding hydrogens is 392 g/mol. The molecule has 2 aromatic carbocycles. The lowest BCUT2D eigenvalue weighted by atomic mass is 9.97. The summed E-state index contributed by atoms with van der Waals surface area (Å²) in [6, 6.07) is 13.7. The minimum Gasteiger partial charge on any atom is -0.451 e. The zero-order valence-corrected chi connectivity index (χ0v) is 17.0. The normalized spacial score (nSPS) is 15.6. The predicted molar refractivity (Wildman–Crippen MR) is 113 cm³/mol. The van der Waals surface area contributed by atoms with Crippen LogP contribution < -0.4 is 0 Å². The van der Waals surface area contributed by atoms with Gasteiger partial charge < -0.3 is 9.32 Å². The van der Waals surface area contributed by atoms with E-state index in [1.54, 1.807) is 17.4 Å². The van der Waals surface area contributed by atoms with E-state index in [1.165, 1.54) is 9.71 Å². The van der Waals surface area contributed by atoms with Gasteiger partial charge in [0, 0.05) is 35.0 Å². The molecule has 1 aliphatic rings. The maximum Gasteiger partial charge on any atom is 0.289 e. The van der Waals surface area contributed by atoms with Gasteiger partial charge in [-0.1, -0.05) is 23.7 Å². The Kier molecular flexibility index (Phi) is 4.37. The van der Waals surface area contributed by atoms with Gasteiger partial charge in [-0.25, -0.2) is 4.98 Å². The fraction of sp³-hybridized carbons (Fsp3) is 0.273. The molecule has 0 spiro atoms. The number of halogens is 1. The van der Waals surface area contributed by atoms with Gasteiger partial charge in [0.15, 0.2) is 5.76 Å². The Morgan fingerprint density at radius 2 is 2.00 bits per heavy atom. The van der Waals surface area contributed by atoms with Crippen molar-refractivity contribution in [2.24, 2.45) is 0 Å². The number of benzene rings is 2. The van der Waals surface area contributed by atoms with Crippen molar-refractivity contribution in [3.8, 4) is 0 Å². The van der Waals surface area contributed by atoms with Gasteiger partial charge in [0.1, 0.15) is 5.58 Å². The van der Waals surface area contributed by atoms with E-state index in [-0.39, 0.29) is 5.91 Å². The van der Waals surface area contributed by atoms with Gasteiger partial charge in [-0.15, -0.1) is 11.3 Å². The number of thiazole rings is 1. The molecule has 1 fully saturated rings. The number of carbonyl (C=O) groups excluding carboxylic acids is 1. The summed E-state index contributed by atoms with van der Waals surface area (Å²) in [5.41, 5.74) is 2.63. The molecular formula is C22H19ClN2O2S. The average Bonchev–Trinajstić information content (AvgIpc) is 3.29. The van der Waals surface area contributed by atoms with Gasteiger partial charge in [-0.05, 0) is 50.1 Å². The van der Waals surface area contributed by atoms with Gasteiger partial charge in [0.2, 0.25) is 0 Å². The molecule has 0 unspecified atom stereocenters. The molecule has 4 aromatic rings. The van der Waals surface area contributed by atoms with Gasteiger partial charge in [-0.2, -0.15) is 0 Å². The van der Waals surface area contributed by atoms with E-state index in [1.807, 2.05) is 30.0 Å². The van der Waals surface area contributed by atoms with Crippen LogP contribution in [-0.2, 0) is 0 Å². The van der Waals surface area contributed by atoms with E-state index in [2.05, 4.69) is 18.2 Å². The molecule has 3 heterocycles. The maximum absolute atomic E-state index is 13.0. The predicted octanol–water partition coefficient (Wildman–Crippen LogP) is 6.02. The molecule has 28 heavy (non-hydrogen) atoms. The number of rotatable bonds is 2. The zero-order chi connectivity index (χ0) is 19.3. The fourth-order valence-electron chi connectivity index (χ4n) is 3.93. The number of aromatic nitrogens is 1. The van der Waals surface area contributed by atoms with Gasteiger partial charge in [-0.3, -0.25) is 4.79 Å². The second-order valence-corrected chi connectivity index (χ2v) is 8.78. The SMILES string of the molecule is Cc1c(C(=O)N2CCC(c3nc4ccccc4s3)CC2)oc2ccc(Cl)cc12. The van der Waals surface area contributed by atoms with Crippen LogP contribution in [0.15, 0.2) is 46.9 Å². The third-order valence-electron chi connectivity index (χ3n) is 5.53. The van der Waals surface area contributed by atoms with E-state index in [9.17, 15) is 4.79 Å². The van der Waals surface area contributed by atoms with Crippen LogP contribution in [0.25, 0.3) is 21.2 Å². The van der Waals surface area contributed by atoms with Crippen molar-refractivity contribution < 1.29 is 9.21 Å². The van der Waals surface area contributed by atoms with Crippen molar-refractivity contribution in [2.45, 2.75) is 25.7 Å². The molecule has 5 rings (SSSR count). The molecule has 0 bridgehead atoms. The third-order valence-corrected chi connectivity index (χ3v) is 6.97. The number of hydrogen-bond acceptors (Lipinski definition) is 4. The highest BCUT2D eigenvalue weighted by Crippen LogP contribution is 2.35. The minimum absolute atomic E-state index is 0.0347. The molecule has 0 radical (unpaired) electrons. The van der Waals surface area contributed by atoms with Crippen LogP contribution in [0.5, 0.6) is 0 Å². The second kappa shape index (κ2) is 6.90. The largest absolute Gasteiger partial charge is 0.451 e. The van der Waals surface area contributed by atoms with Gasteiger partial charge in [0.05, 0.1) is 15.2 Å². The van der Waals surface area contributed by atoms with Crippen molar-refractivity contribution >= 4 is 50.0 Å². The summed E-state index contributed by atoms with van der Waals surface area (Å²) in [5.74, 6) is 0.806. The molecule has 6 heteroatoms. The van der Waals surface area contributed by atoms with E-state index in [0.717, 1.165) is 42.4 Å². The highest BCUT2D eigenvalue weighted by Gasteiger charge is 2.29. The quantitative estimate of drug-likeness (QED) is 0.405. The summed E-state index contributed by atoms with van der Waals surface area (Å²) >= 11 is 7.86. The number of likely N-dealkylation sites (tertiary alicyclic amines) is 1. The molecule has 2 aromatic heterocycles. The number of para-hydroxylation sites is 1. The summed E-state index contributed by atoms with van der Waals surface area (Å²) in [5, 5.41) is 2.73. The first-order valence-corrected chi connectivity index (χ1v) is 10.6. The molecule has 0 atom stereocenters. The van der Waals surface area contributed by atoms with Crippen LogP contribution >= 0.6 is 22.9 Å². The van der Waals surface area contributed by atoms with Crippen LogP contribution in [0, 0.1) is 6.92 Å². The van der Waals surface area contributed by atoms with Gasteiger partial charge in [0.25, 0.3) is 5.91 Å². The third kappa shape index (κ3) is 2.99. The van der Waals surface area contributed by atoms with E-state index < -0.39 is 0 Å². The highest BCUT2D eigenvalue weighted by atomic mass is 35.5. The number of carbonyl (C=O) groups is 1. The van der Waals surface area contributed by atoms with Crippen LogP contribution in [0.3, 0.4) is 0 Å². The molecule has 4 nitrogen and oxygen atoms in total. The number of amides is 1. The molecule has 0 saturated carbocycles. The van der Waals surface area contributed by atoms with E-state index in [0.29, 0.717) is 22.3 Å². The number of nitrogens with zero attached hydrogens (tertiary/aromatic N) is 2. The van der Waals surface area contributed by atoms with Crippen LogP contribution in [0.1, 0.15) is 39.9 Å². The molecule has 0 aliphatic carbocycles. The monoisotopic (exact) mass is 410 g/mol. The molecule has 142 valence electrons. The number of piperidine rings is 1. The summed E-state index contributed by atoms with van der Waals surface area (Å²) in [4.78, 5) is 19.7. The number of aryl methyl sites for hydroxylation is 1. The number of fused-ring (bicyclic) bond motifs is 2. The Labute approximate surface area is 171 Å². The van der Waals surface area contributed by atoms with Crippen molar-refractivity contribution in [2.75, 3.05) is 13.1 Å². The average molecular weight is 411 g/mol. The summed E-state index contributed by atoms with van der Waals surface area (Å²) in [6.45, 7) is 3.36. The lowest BCUT2D eigenvalue weighted by molar-refractivity contribution is 0.0682. The van der Waals surface area contributed by atoms with Crippen LogP contribution in [0.2, 0.25) is 5.02 Å². The van der Waals surface area contributed by atoms with Gasteiger partial charge >= 0.3 is 0 Å². The zero-order valence-electron chi connectivity index (χ0n) is 15.4. The Bertz CT molecular complexity index is 1150. The van der Waals surface area contributed by atoms with Crippen molar-refractivity contribution in [1.29, 1.82) is 0 Å². The highest BCUT2D eigenvalue weighted by molar-refractivity contribution is 7.18. The van der Waals surface area contributed by atoms with E-state index in [4.69, 9.17) is 21.0 Å². The van der Waals surface area contributed by atoms with Crippen molar-refractivity contribution in [3.63, 3.8) is 0 Å². The summed E-state index contributed by atoms with van der Waals surface area (Å²) in [6.07, 6.45) is 1.85. The summed E-state index contributed by atoms with van der Waals surface area (Å²) < 4.78 is 7.09. The molecule has 0 N–H and O–H groups in total. The Hall–Kier alpha value is -2.37. The van der Waals surface area contributed by atoms with Crippen LogP contribution in [-0.4, -0.2) is 28.9 Å². The van der Waals surface area contributed by atoms with Crippen molar-refractivity contribution in [1.82, 2.24) is 9.88 Å². The number of furan rings is 1. The lowest BCUT2D eigenvalue weighted by Gasteiger charge is -2.30. The molecule has 1 aliphatic heterocycles. The maximum atomic E-state index is 13.0. The Morgan fingerprint density at radius 1 is 1.21 bits per heavy atom. The first-order chi connectivity index (χ1) is 13.6. The number of hydrogen-bond donors (Lipinski definition) is 0. The Balaban J connectivity index is 1.34. The second-order valence-electron chi connectivity index (χ2n) is 7.28. The van der Waals surface area contributed by atoms with E-state index >= 15 is 0 Å². The molecule has 1 amide bonds. The molecule has 1 saturated heterocycles. The summed E-state index contributed by atoms with van der Waals surface area (Å²) in [7, 11) is 0. The lowest BCUT2D eigenvalue weighted by Crippen LogP contribution is -2.38. The first-order valence-electron chi connectivity index (χ1n) is 9.43. The Morgan fingerprint density at radius 3 is 2.79 bits per heavy atom. The van der Waals surface area contributed by atoms with Crippen molar-refractivity contribution in [3.05, 3.63) is 63.8 Å². The topological polar surface area (TPSA) is 46.3 Å². The van der Waals surface area contributed by atoms with Crippen LogP contribution in [0.4, 0.5) is 0 Å². The standard InChI is InChI=1S/C22H19ClN2O2S/c1-13-16-12-15(23)6-7-18(16)27-20(13)22(26)25-10-8-14(9-11-25)21-24-17-4-2-3-5-19(17)28-21/h2-7,12,14H,8-11H2,1H3. The first kappa shape index (κ1) is 17.7. The smallest absolute Gasteiger partial charge is 0.289 e.